The molecule has 0 heterocycles. The van der Waals surface area contributed by atoms with E-state index in [1.54, 1.807) is 0 Å². The Balaban J connectivity index is 0.00000348. The maximum Gasteiger partial charge on any atom is 2.00 e. The Hall–Kier alpha value is -2.39. The Morgan fingerprint density at radius 2 is 0.932 bits per heavy atom. The van der Waals surface area contributed by atoms with E-state index in [1.807, 2.05) is 0 Å². The molecule has 6 rings (SSSR count). The van der Waals surface area contributed by atoms with E-state index in [4.69, 9.17) is 0 Å². The van der Waals surface area contributed by atoms with Crippen molar-refractivity contribution in [3.63, 3.8) is 0 Å². The molecule has 19 nitrogen and oxygen atoms in total. The number of phenolic OH excluding ortho intramolecular Hbond substituents is 2. The van der Waals surface area contributed by atoms with E-state index in [2.05, 4.69) is 20.5 Å². The predicted molar refractivity (Wildman–Crippen MR) is 173 cm³/mol. The van der Waals surface area contributed by atoms with Crippen molar-refractivity contribution in [2.45, 2.75) is 14.7 Å². The summed E-state index contributed by atoms with van der Waals surface area (Å²) in [7, 11) is -15.6. The molecule has 0 atom stereocenters. The number of hydrogen-bond donors (Lipinski definition) is 2. The number of fused-ring (bicyclic) bond motifs is 2. The number of benzene rings is 6. The molecule has 0 aliphatic heterocycles. The molecule has 2 N–H and O–H groups in total. The van der Waals surface area contributed by atoms with Crippen molar-refractivity contribution < 1.29 is 192 Å². The van der Waals surface area contributed by atoms with E-state index in [-0.39, 0.29) is 150 Å². The monoisotopic (exact) mass is 986 g/mol. The largest absolute Gasteiger partial charge is 2.00 e. The number of azo groups is 2. The van der Waals surface area contributed by atoms with Crippen LogP contribution < -0.4 is 109 Å². The van der Waals surface area contributed by atoms with Gasteiger partial charge in [-0.2, -0.15) is 15.3 Å². The zero-order valence-electron chi connectivity index (χ0n) is 29.8. The van der Waals surface area contributed by atoms with E-state index < -0.39 is 107 Å². The van der Waals surface area contributed by atoms with E-state index in [9.17, 15) is 69.6 Å². The van der Waals surface area contributed by atoms with E-state index >= 15 is 0 Å². The third-order valence-corrected chi connectivity index (χ3v) is 10.2. The summed E-state index contributed by atoms with van der Waals surface area (Å²) in [6, 6.07) is 12.1. The molecule has 0 bridgehead atoms. The van der Waals surface area contributed by atoms with E-state index in [0.717, 1.165) is 36.4 Å². The minimum absolute atomic E-state index is 0. The Labute approximate surface area is 421 Å². The van der Waals surface area contributed by atoms with Gasteiger partial charge in [-0.15, -0.1) is 5.11 Å². The van der Waals surface area contributed by atoms with Gasteiger partial charge in [-0.05, 0) is 58.3 Å². The predicted octanol–water partition coefficient (Wildman–Crippen LogP) is -6.08. The molecule has 6 aromatic rings. The molecule has 0 amide bonds. The number of hydrogen-bond acceptors (Lipinski definition) is 19. The first kappa shape index (κ1) is 54.6. The first-order chi connectivity index (χ1) is 25.1. The molecule has 0 unspecified atom stereocenters. The average molecular weight is 988 g/mol. The van der Waals surface area contributed by atoms with Crippen LogP contribution in [0.25, 0.3) is 32.7 Å². The first-order valence-corrected chi connectivity index (χ1v) is 18.7. The Kier molecular flexibility index (Phi) is 19.1. The fourth-order valence-electron chi connectivity index (χ4n) is 5.24. The summed E-state index contributed by atoms with van der Waals surface area (Å²) in [5.74, 6) is -5.54. The summed E-state index contributed by atoms with van der Waals surface area (Å²) in [4.78, 5) is -3.04. The average Bonchev–Trinajstić information content (AvgIpc) is 3.06. The van der Waals surface area contributed by atoms with Crippen LogP contribution in [0.1, 0.15) is 0 Å². The second kappa shape index (κ2) is 20.7. The number of phenols is 2. The second-order valence-electron chi connectivity index (χ2n) is 11.2. The SMILES string of the molecule is O=S(=O)([O-])c1cc(O)c2c(O)c(N=Nc3ccc(-c4ccc(N=Nc5c([O-])ccc6cc(S(=O)(=O)[O-])cc([O-])c56)c([O-])c4)cc3[O-])c(S(=O)(=O)[O-])cc2c1.[Cu+2].[Cu+2].[Na+].[Na+].[Na+]. The maximum absolute atomic E-state index is 12.9. The van der Waals surface area contributed by atoms with Crippen molar-refractivity contribution in [2.24, 2.45) is 20.5 Å². The molecular weight excluding hydrogens is 973 g/mol. The van der Waals surface area contributed by atoms with Gasteiger partial charge in [-0.1, -0.05) is 65.5 Å². The molecule has 0 fully saturated rings. The molecule has 0 aliphatic rings. The van der Waals surface area contributed by atoms with E-state index in [1.165, 1.54) is 18.2 Å². The Morgan fingerprint density at radius 3 is 1.41 bits per heavy atom. The van der Waals surface area contributed by atoms with Gasteiger partial charge in [-0.25, -0.2) is 25.3 Å². The topological polar surface area (TPSA) is 354 Å². The van der Waals surface area contributed by atoms with Crippen molar-refractivity contribution in [1.82, 2.24) is 0 Å². The van der Waals surface area contributed by atoms with Crippen LogP contribution in [0.15, 0.2) is 114 Å². The van der Waals surface area contributed by atoms with Crippen LogP contribution in [0.3, 0.4) is 0 Å². The zero-order chi connectivity index (χ0) is 39.5. The molecule has 0 spiro atoms. The molecule has 0 saturated carbocycles. The van der Waals surface area contributed by atoms with Crippen LogP contribution in [-0.4, -0.2) is 49.1 Å². The van der Waals surface area contributed by atoms with Crippen molar-refractivity contribution in [3.8, 4) is 45.6 Å². The summed E-state index contributed by atoms with van der Waals surface area (Å²) in [5.41, 5.74) is -1.99. The van der Waals surface area contributed by atoms with Crippen molar-refractivity contribution >= 4 is 74.6 Å². The van der Waals surface area contributed by atoms with Crippen LogP contribution in [-0.2, 0) is 64.5 Å². The van der Waals surface area contributed by atoms with Gasteiger partial charge in [0.15, 0.2) is 5.75 Å². The van der Waals surface area contributed by atoms with Gasteiger partial charge in [0.1, 0.15) is 41.8 Å². The van der Waals surface area contributed by atoms with Gasteiger partial charge in [0, 0.05) is 5.39 Å². The molecule has 296 valence electrons. The van der Waals surface area contributed by atoms with Gasteiger partial charge in [0.25, 0.3) is 0 Å². The van der Waals surface area contributed by atoms with Gasteiger partial charge in [-0.3, -0.25) is 0 Å². The minimum Gasteiger partial charge on any atom is -0.872 e. The van der Waals surface area contributed by atoms with Crippen molar-refractivity contribution in [2.75, 3.05) is 0 Å². The quantitative estimate of drug-likeness (QED) is 0.0814. The number of nitrogens with zero attached hydrogens (tertiary/aromatic N) is 4. The van der Waals surface area contributed by atoms with E-state index in [0.29, 0.717) is 24.3 Å². The summed E-state index contributed by atoms with van der Waals surface area (Å²) in [5, 5.41) is 85.0. The fourth-order valence-corrected chi connectivity index (χ4v) is 6.93. The second-order valence-corrected chi connectivity index (χ2v) is 15.3. The standard InChI is InChI=1S/C32H22N4O15S3.2Cu.3Na/c37-22-6-3-16-7-18(52(43,44)45)12-25(40)28(16)30(22)35-33-20-4-1-14(9-23(20)38)15-2-5-21(24(39)10-15)34-36-31-27(54(49,50)51)11-17-8-19(53(46,47)48)13-26(41)29(17)32(31)42;;;;;/h1-13,37-42H,(H,43,44,45)(H,46,47,48)(H,49,50,51);;;;;/q;2*+2;3*+1/p-7. The minimum atomic E-state index is -5.47. The Morgan fingerprint density at radius 1 is 0.458 bits per heavy atom. The van der Waals surface area contributed by atoms with Crippen LogP contribution >= 0.6 is 0 Å². The van der Waals surface area contributed by atoms with Crippen LogP contribution in [0.5, 0.6) is 34.5 Å². The molecule has 6 aromatic carbocycles. The third-order valence-electron chi connectivity index (χ3n) is 7.71. The summed E-state index contributed by atoms with van der Waals surface area (Å²) < 4.78 is 104. The van der Waals surface area contributed by atoms with Gasteiger partial charge < -0.3 is 44.3 Å². The van der Waals surface area contributed by atoms with Crippen LogP contribution in [0, 0.1) is 0 Å². The Bertz CT molecular complexity index is 3020. The smallest absolute Gasteiger partial charge is 0.872 e. The normalized spacial score (nSPS) is 11.6. The van der Waals surface area contributed by atoms with Gasteiger partial charge in [0.05, 0.1) is 37.1 Å². The number of rotatable bonds is 8. The van der Waals surface area contributed by atoms with Crippen molar-refractivity contribution in [1.29, 1.82) is 0 Å². The fraction of sp³-hybridized carbons (Fsp3) is 0. The summed E-state index contributed by atoms with van der Waals surface area (Å²) in [6.07, 6.45) is 0. The molecule has 2 radical (unpaired) electrons. The molecule has 59 heavy (non-hydrogen) atoms. The first-order valence-electron chi connectivity index (χ1n) is 14.4. The number of aromatic hydroxyl groups is 2. The molecule has 0 saturated heterocycles. The van der Waals surface area contributed by atoms with Crippen molar-refractivity contribution in [3.05, 3.63) is 78.9 Å². The maximum atomic E-state index is 12.9. The van der Waals surface area contributed by atoms with Crippen LogP contribution in [0.2, 0.25) is 0 Å². The molecule has 0 aliphatic carbocycles. The zero-order valence-corrected chi connectivity index (χ0v) is 40.2. The third kappa shape index (κ3) is 11.8. The molecule has 27 heteroatoms. The summed E-state index contributed by atoms with van der Waals surface area (Å²) in [6.45, 7) is 0. The van der Waals surface area contributed by atoms with Gasteiger partial charge >= 0.3 is 123 Å². The van der Waals surface area contributed by atoms with Crippen LogP contribution in [0.4, 0.5) is 22.7 Å². The molecular formula is C32H15Cu2N4Na3O15S3. The molecule has 0 aromatic heterocycles. The summed E-state index contributed by atoms with van der Waals surface area (Å²) >= 11 is 0. The van der Waals surface area contributed by atoms with Gasteiger partial charge in [0.2, 0.25) is 0 Å².